The van der Waals surface area contributed by atoms with Gasteiger partial charge in [-0.1, -0.05) is 6.07 Å². The van der Waals surface area contributed by atoms with Gasteiger partial charge in [0, 0.05) is 32.3 Å². The third-order valence-corrected chi connectivity index (χ3v) is 7.15. The Balaban J connectivity index is 1.57. The number of anilines is 1. The van der Waals surface area contributed by atoms with Gasteiger partial charge in [-0.25, -0.2) is 18.4 Å². The molecule has 1 fully saturated rings. The lowest BCUT2D eigenvalue weighted by atomic mass is 10.1. The quantitative estimate of drug-likeness (QED) is 0.709. The number of rotatable bonds is 4. The number of hydrogen-bond acceptors (Lipinski definition) is 5. The third kappa shape index (κ3) is 3.75. The van der Waals surface area contributed by atoms with Crippen molar-refractivity contribution < 1.29 is 13.2 Å². The molecule has 0 saturated carbocycles. The van der Waals surface area contributed by atoms with Crippen LogP contribution < -0.4 is 5.32 Å². The van der Waals surface area contributed by atoms with Crippen LogP contribution in [0.1, 0.15) is 31.4 Å². The summed E-state index contributed by atoms with van der Waals surface area (Å²) in [7, 11) is -3.72. The second-order valence-corrected chi connectivity index (χ2v) is 9.22. The van der Waals surface area contributed by atoms with Crippen LogP contribution in [0.5, 0.6) is 0 Å². The van der Waals surface area contributed by atoms with Gasteiger partial charge in [-0.05, 0) is 49.6 Å². The van der Waals surface area contributed by atoms with Crippen molar-refractivity contribution in [1.82, 2.24) is 18.8 Å². The Bertz CT molecular complexity index is 1160. The van der Waals surface area contributed by atoms with E-state index in [1.54, 1.807) is 30.7 Å². The number of sulfonamides is 1. The maximum absolute atomic E-state index is 13.3. The molecule has 1 aliphatic heterocycles. The van der Waals surface area contributed by atoms with Crippen LogP contribution in [0, 0.1) is 6.92 Å². The summed E-state index contributed by atoms with van der Waals surface area (Å²) >= 11 is 0. The second-order valence-electron chi connectivity index (χ2n) is 7.31. The highest BCUT2D eigenvalue weighted by atomic mass is 32.2. The molecular weight excluding hydrogens is 390 g/mol. The van der Waals surface area contributed by atoms with Crippen molar-refractivity contribution in [3.63, 3.8) is 0 Å². The van der Waals surface area contributed by atoms with Crippen LogP contribution in [0.15, 0.2) is 47.8 Å². The molecule has 0 atom stereocenters. The molecule has 152 valence electrons. The van der Waals surface area contributed by atoms with Crippen LogP contribution in [-0.4, -0.2) is 46.3 Å². The minimum Gasteiger partial charge on any atom is -0.325 e. The SMILES string of the molecule is CC(=O)Nc1ccc(C)cc1S(=O)(=O)N1CCC(n2cnc3cccnc32)CC1. The van der Waals surface area contributed by atoms with Crippen molar-refractivity contribution in [2.45, 2.75) is 37.6 Å². The number of benzene rings is 1. The summed E-state index contributed by atoms with van der Waals surface area (Å²) in [6.07, 6.45) is 4.86. The molecular formula is C20H23N5O3S. The van der Waals surface area contributed by atoms with E-state index in [2.05, 4.69) is 15.3 Å². The van der Waals surface area contributed by atoms with Crippen molar-refractivity contribution in [3.8, 4) is 0 Å². The van der Waals surface area contributed by atoms with E-state index in [0.717, 1.165) is 16.7 Å². The monoisotopic (exact) mass is 413 g/mol. The van der Waals surface area contributed by atoms with Gasteiger partial charge in [0.1, 0.15) is 10.4 Å². The number of aromatic nitrogens is 3. The number of carbonyl (C=O) groups is 1. The molecule has 4 rings (SSSR count). The number of nitrogens with zero attached hydrogens (tertiary/aromatic N) is 4. The maximum Gasteiger partial charge on any atom is 0.245 e. The van der Waals surface area contributed by atoms with E-state index in [-0.39, 0.29) is 16.8 Å². The van der Waals surface area contributed by atoms with Crippen LogP contribution in [0.25, 0.3) is 11.2 Å². The third-order valence-electron chi connectivity index (χ3n) is 5.21. The van der Waals surface area contributed by atoms with E-state index < -0.39 is 10.0 Å². The van der Waals surface area contributed by atoms with Crippen molar-refractivity contribution in [1.29, 1.82) is 0 Å². The number of imidazole rings is 1. The molecule has 0 aliphatic carbocycles. The minimum absolute atomic E-state index is 0.140. The fourth-order valence-electron chi connectivity index (χ4n) is 3.77. The normalized spacial score (nSPS) is 16.2. The average Bonchev–Trinajstić information content (AvgIpc) is 3.13. The predicted molar refractivity (Wildman–Crippen MR) is 110 cm³/mol. The molecule has 3 heterocycles. The topological polar surface area (TPSA) is 97.2 Å². The highest BCUT2D eigenvalue weighted by molar-refractivity contribution is 7.89. The smallest absolute Gasteiger partial charge is 0.245 e. The number of pyridine rings is 1. The number of amides is 1. The van der Waals surface area contributed by atoms with Crippen LogP contribution >= 0.6 is 0 Å². The van der Waals surface area contributed by atoms with Gasteiger partial charge in [-0.15, -0.1) is 0 Å². The van der Waals surface area contributed by atoms with Gasteiger partial charge in [0.2, 0.25) is 15.9 Å². The van der Waals surface area contributed by atoms with E-state index >= 15 is 0 Å². The first-order chi connectivity index (χ1) is 13.9. The number of piperidine rings is 1. The molecule has 1 saturated heterocycles. The van der Waals surface area contributed by atoms with E-state index in [9.17, 15) is 13.2 Å². The molecule has 0 spiro atoms. The van der Waals surface area contributed by atoms with Crippen LogP contribution in [-0.2, 0) is 14.8 Å². The number of nitrogens with one attached hydrogen (secondary N) is 1. The van der Waals surface area contributed by atoms with Gasteiger partial charge in [0.05, 0.1) is 12.0 Å². The van der Waals surface area contributed by atoms with Crippen molar-refractivity contribution >= 4 is 32.8 Å². The molecule has 1 N–H and O–H groups in total. The molecule has 0 bridgehead atoms. The van der Waals surface area contributed by atoms with E-state index in [1.165, 1.54) is 11.2 Å². The highest BCUT2D eigenvalue weighted by Crippen LogP contribution is 2.31. The van der Waals surface area contributed by atoms with Crippen molar-refractivity contribution in [3.05, 3.63) is 48.4 Å². The molecule has 1 aromatic carbocycles. The molecule has 0 radical (unpaired) electrons. The Labute approximate surface area is 169 Å². The minimum atomic E-state index is -3.72. The number of carbonyl (C=O) groups excluding carboxylic acids is 1. The van der Waals surface area contributed by atoms with E-state index in [0.29, 0.717) is 31.6 Å². The van der Waals surface area contributed by atoms with E-state index in [4.69, 9.17) is 0 Å². The average molecular weight is 414 g/mol. The van der Waals surface area contributed by atoms with Gasteiger partial charge in [0.25, 0.3) is 0 Å². The Morgan fingerprint density at radius 3 is 2.66 bits per heavy atom. The fraction of sp³-hybridized carbons (Fsp3) is 0.350. The zero-order valence-electron chi connectivity index (χ0n) is 16.4. The van der Waals surface area contributed by atoms with Gasteiger partial charge in [-0.3, -0.25) is 4.79 Å². The Hall–Kier alpha value is -2.78. The second kappa shape index (κ2) is 7.57. The fourth-order valence-corrected chi connectivity index (χ4v) is 5.47. The summed E-state index contributed by atoms with van der Waals surface area (Å²) in [6.45, 7) is 3.99. The molecule has 9 heteroatoms. The summed E-state index contributed by atoms with van der Waals surface area (Å²) in [5, 5.41) is 2.63. The van der Waals surface area contributed by atoms with Gasteiger partial charge in [-0.2, -0.15) is 4.31 Å². The first-order valence-electron chi connectivity index (χ1n) is 9.52. The first-order valence-corrected chi connectivity index (χ1v) is 11.0. The summed E-state index contributed by atoms with van der Waals surface area (Å²) in [6, 6.07) is 8.95. The lowest BCUT2D eigenvalue weighted by molar-refractivity contribution is -0.114. The maximum atomic E-state index is 13.3. The van der Waals surface area contributed by atoms with Crippen molar-refractivity contribution in [2.75, 3.05) is 18.4 Å². The van der Waals surface area contributed by atoms with Crippen LogP contribution in [0.4, 0.5) is 5.69 Å². The van der Waals surface area contributed by atoms with Gasteiger partial charge in [0.15, 0.2) is 5.65 Å². The standard InChI is InChI=1S/C20H23N5O3S/c1-14-5-6-17(23-15(2)26)19(12-14)29(27,28)24-10-7-16(8-11-24)25-13-22-18-4-3-9-21-20(18)25/h3-6,9,12-13,16H,7-8,10-11H2,1-2H3,(H,23,26). The van der Waals surface area contributed by atoms with Gasteiger partial charge >= 0.3 is 0 Å². The summed E-state index contributed by atoms with van der Waals surface area (Å²) in [4.78, 5) is 20.4. The largest absolute Gasteiger partial charge is 0.325 e. The highest BCUT2D eigenvalue weighted by Gasteiger charge is 2.32. The van der Waals surface area contributed by atoms with Gasteiger partial charge < -0.3 is 9.88 Å². The molecule has 29 heavy (non-hydrogen) atoms. The molecule has 2 aromatic heterocycles. The lowest BCUT2D eigenvalue weighted by Crippen LogP contribution is -2.39. The van der Waals surface area contributed by atoms with E-state index in [1.807, 2.05) is 23.6 Å². The van der Waals surface area contributed by atoms with Crippen molar-refractivity contribution in [2.24, 2.45) is 0 Å². The van der Waals surface area contributed by atoms with Crippen LogP contribution in [0.3, 0.4) is 0 Å². The zero-order valence-corrected chi connectivity index (χ0v) is 17.2. The molecule has 8 nitrogen and oxygen atoms in total. The summed E-state index contributed by atoms with van der Waals surface area (Å²) in [5.74, 6) is -0.302. The molecule has 3 aromatic rings. The van der Waals surface area contributed by atoms with Crippen LogP contribution in [0.2, 0.25) is 0 Å². The zero-order chi connectivity index (χ0) is 20.6. The number of aryl methyl sites for hydroxylation is 1. The molecule has 1 aliphatic rings. The summed E-state index contributed by atoms with van der Waals surface area (Å²) < 4.78 is 30.1. The first kappa shape index (κ1) is 19.5. The number of hydrogen-bond donors (Lipinski definition) is 1. The predicted octanol–water partition coefficient (Wildman–Crippen LogP) is 2.72. The molecule has 0 unspecified atom stereocenters. The lowest BCUT2D eigenvalue weighted by Gasteiger charge is -2.32. The summed E-state index contributed by atoms with van der Waals surface area (Å²) in [5.41, 5.74) is 2.79. The molecule has 1 amide bonds. The Morgan fingerprint density at radius 1 is 1.17 bits per heavy atom. The number of fused-ring (bicyclic) bond motifs is 1. The Kier molecular flexibility index (Phi) is 5.10. The Morgan fingerprint density at radius 2 is 1.93 bits per heavy atom.